The Labute approximate surface area is 84.9 Å². The second kappa shape index (κ2) is 3.85. The number of ether oxygens (including phenoxy) is 1. The topological polar surface area (TPSA) is 66.8 Å². The van der Waals surface area contributed by atoms with E-state index in [1.807, 2.05) is 0 Å². The minimum absolute atomic E-state index is 0.0195. The van der Waals surface area contributed by atoms with E-state index in [4.69, 9.17) is 19.8 Å². The van der Waals surface area contributed by atoms with Crippen LogP contribution < -0.4 is 0 Å². The van der Waals surface area contributed by atoms with Crippen LogP contribution in [0, 0.1) is 0 Å². The number of hydrogen-bond acceptors (Lipinski definition) is 5. The van der Waals surface area contributed by atoms with Crippen molar-refractivity contribution in [3.63, 3.8) is 0 Å². The predicted molar refractivity (Wildman–Crippen MR) is 52.6 cm³/mol. The van der Waals surface area contributed by atoms with Crippen molar-refractivity contribution in [2.24, 2.45) is 0 Å². The lowest BCUT2D eigenvalue weighted by Crippen LogP contribution is -2.02. The predicted octanol–water partition coefficient (Wildman–Crippen LogP) is 2.80. The lowest BCUT2D eigenvalue weighted by molar-refractivity contribution is 0.0602. The zero-order valence-corrected chi connectivity index (χ0v) is 8.95. The molecule has 0 bridgehead atoms. The average Bonchev–Trinajstić information content (AvgIpc) is 2.49. The SMILES string of the molecule is COC(=O)c1sccc1S(O)(O)Cl. The number of esters is 1. The van der Waals surface area contributed by atoms with Gasteiger partial charge in [0.1, 0.15) is 9.77 Å². The second-order valence-corrected chi connectivity index (χ2v) is 5.69. The molecule has 1 aromatic rings. The molecule has 0 aromatic carbocycles. The van der Waals surface area contributed by atoms with Crippen molar-refractivity contribution in [1.82, 2.24) is 0 Å². The largest absolute Gasteiger partial charge is 0.465 e. The van der Waals surface area contributed by atoms with Gasteiger partial charge in [-0.15, -0.1) is 11.3 Å². The summed E-state index contributed by atoms with van der Waals surface area (Å²) in [6.45, 7) is 0. The molecule has 0 aliphatic carbocycles. The molecular weight excluding hydrogens is 236 g/mol. The van der Waals surface area contributed by atoms with Gasteiger partial charge >= 0.3 is 5.97 Å². The lowest BCUT2D eigenvalue weighted by atomic mass is 10.5. The maximum absolute atomic E-state index is 11.1. The van der Waals surface area contributed by atoms with Crippen LogP contribution in [0.15, 0.2) is 16.3 Å². The van der Waals surface area contributed by atoms with Gasteiger partial charge in [-0.1, -0.05) is 9.80 Å². The number of carbonyl (C=O) groups is 1. The monoisotopic (exact) mass is 242 g/mol. The molecule has 2 N–H and O–H groups in total. The molecule has 0 atom stereocenters. The van der Waals surface area contributed by atoms with Crippen LogP contribution in [-0.4, -0.2) is 22.2 Å². The molecular formula is C6H7ClO4S2. The summed E-state index contributed by atoms with van der Waals surface area (Å²) >= 11 is 1.05. The first kappa shape index (κ1) is 10.8. The van der Waals surface area contributed by atoms with Crippen molar-refractivity contribution < 1.29 is 18.6 Å². The van der Waals surface area contributed by atoms with Gasteiger partial charge in [-0.3, -0.25) is 9.11 Å². The van der Waals surface area contributed by atoms with Gasteiger partial charge in [-0.25, -0.2) is 4.79 Å². The van der Waals surface area contributed by atoms with Gasteiger partial charge in [0.2, 0.25) is 0 Å². The van der Waals surface area contributed by atoms with Crippen LogP contribution in [0.3, 0.4) is 0 Å². The summed E-state index contributed by atoms with van der Waals surface area (Å²) in [5.74, 6) is -0.620. The highest BCUT2D eigenvalue weighted by Gasteiger charge is 2.23. The fourth-order valence-electron chi connectivity index (χ4n) is 0.744. The van der Waals surface area contributed by atoms with E-state index < -0.39 is 15.8 Å². The Hall–Kier alpha value is -0.270. The Kier molecular flexibility index (Phi) is 3.20. The normalized spacial score (nSPS) is 12.6. The lowest BCUT2D eigenvalue weighted by Gasteiger charge is -2.22. The van der Waals surface area contributed by atoms with Crippen LogP contribution in [0.1, 0.15) is 9.67 Å². The smallest absolute Gasteiger partial charge is 0.350 e. The number of thiophene rings is 1. The number of hydrogen-bond donors (Lipinski definition) is 2. The molecule has 0 spiro atoms. The Morgan fingerprint density at radius 1 is 1.69 bits per heavy atom. The van der Waals surface area contributed by atoms with Crippen molar-refractivity contribution in [1.29, 1.82) is 0 Å². The van der Waals surface area contributed by atoms with Crippen LogP contribution in [-0.2, 0) is 4.74 Å². The molecule has 7 heteroatoms. The van der Waals surface area contributed by atoms with Gasteiger partial charge in [0.15, 0.2) is 0 Å². The summed E-state index contributed by atoms with van der Waals surface area (Å²) in [5.41, 5.74) is 0. The minimum Gasteiger partial charge on any atom is -0.465 e. The van der Waals surface area contributed by atoms with Gasteiger partial charge in [0, 0.05) is 10.7 Å². The molecule has 74 valence electrons. The molecule has 0 aliphatic rings. The first-order valence-corrected chi connectivity index (χ1v) is 6.35. The maximum Gasteiger partial charge on any atom is 0.350 e. The van der Waals surface area contributed by atoms with Crippen LogP contribution in [0.4, 0.5) is 0 Å². The van der Waals surface area contributed by atoms with Crippen LogP contribution in [0.2, 0.25) is 0 Å². The highest BCUT2D eigenvalue weighted by atomic mass is 35.7. The summed E-state index contributed by atoms with van der Waals surface area (Å²) in [6.07, 6.45) is 0. The Morgan fingerprint density at radius 2 is 2.31 bits per heavy atom. The average molecular weight is 243 g/mol. The zero-order valence-electron chi connectivity index (χ0n) is 6.56. The molecule has 13 heavy (non-hydrogen) atoms. The van der Waals surface area contributed by atoms with Crippen LogP contribution >= 0.6 is 31.8 Å². The molecule has 1 aromatic heterocycles. The van der Waals surface area contributed by atoms with Gasteiger partial charge in [0.05, 0.1) is 7.11 Å². The number of halogens is 1. The Morgan fingerprint density at radius 3 is 2.77 bits per heavy atom. The molecule has 0 saturated heterocycles. The van der Waals surface area contributed by atoms with Crippen molar-refractivity contribution in [2.75, 3.05) is 7.11 Å². The number of rotatable bonds is 2. The molecule has 0 saturated carbocycles. The highest BCUT2D eigenvalue weighted by Crippen LogP contribution is 2.55. The van der Waals surface area contributed by atoms with E-state index in [2.05, 4.69) is 4.74 Å². The summed E-state index contributed by atoms with van der Waals surface area (Å²) < 4.78 is 22.6. The Balaban J connectivity index is 3.10. The van der Waals surface area contributed by atoms with Gasteiger partial charge in [-0.05, 0) is 11.4 Å². The standard InChI is InChI=1S/C6H7ClO4S2/c1-11-6(8)5-4(2-3-12-5)13(7,9)10/h2-3,9-10H,1H3. The van der Waals surface area contributed by atoms with E-state index in [9.17, 15) is 4.79 Å². The van der Waals surface area contributed by atoms with E-state index >= 15 is 0 Å². The summed E-state index contributed by atoms with van der Waals surface area (Å²) in [6, 6.07) is 1.39. The van der Waals surface area contributed by atoms with E-state index in [-0.39, 0.29) is 9.77 Å². The molecule has 0 radical (unpaired) electrons. The first-order chi connectivity index (χ1) is 5.96. The summed E-state index contributed by atoms with van der Waals surface area (Å²) in [7, 11) is 3.15. The molecule has 4 nitrogen and oxygen atoms in total. The first-order valence-electron chi connectivity index (χ1n) is 3.10. The van der Waals surface area contributed by atoms with E-state index in [1.165, 1.54) is 18.6 Å². The third kappa shape index (κ3) is 2.35. The highest BCUT2D eigenvalue weighted by molar-refractivity contribution is 8.43. The minimum atomic E-state index is -3.36. The van der Waals surface area contributed by atoms with Crippen molar-refractivity contribution in [3.05, 3.63) is 16.3 Å². The van der Waals surface area contributed by atoms with Crippen LogP contribution in [0.5, 0.6) is 0 Å². The molecule has 0 aliphatic heterocycles. The summed E-state index contributed by atoms with van der Waals surface area (Å²) in [5, 5.41) is 1.54. The third-order valence-electron chi connectivity index (χ3n) is 1.28. The third-order valence-corrected chi connectivity index (χ3v) is 3.70. The molecule has 0 amide bonds. The van der Waals surface area contributed by atoms with Crippen molar-refractivity contribution in [3.8, 4) is 0 Å². The van der Waals surface area contributed by atoms with Crippen molar-refractivity contribution >= 4 is 37.8 Å². The fourth-order valence-corrected chi connectivity index (χ4v) is 3.11. The molecule has 0 unspecified atom stereocenters. The maximum atomic E-state index is 11.1. The second-order valence-electron chi connectivity index (χ2n) is 2.08. The van der Waals surface area contributed by atoms with Gasteiger partial charge in [-0.2, -0.15) is 0 Å². The van der Waals surface area contributed by atoms with E-state index in [0.717, 1.165) is 11.3 Å². The molecule has 1 rings (SSSR count). The Bertz CT molecular complexity index is 317. The van der Waals surface area contributed by atoms with E-state index in [0.29, 0.717) is 0 Å². The van der Waals surface area contributed by atoms with E-state index in [1.54, 1.807) is 0 Å². The van der Waals surface area contributed by atoms with Crippen molar-refractivity contribution in [2.45, 2.75) is 4.90 Å². The number of methoxy groups -OCH3 is 1. The molecule has 1 heterocycles. The zero-order chi connectivity index (χ0) is 10.1. The number of carbonyl (C=O) groups excluding carboxylic acids is 1. The quantitative estimate of drug-likeness (QED) is 0.783. The van der Waals surface area contributed by atoms with Gasteiger partial charge in [0.25, 0.3) is 0 Å². The van der Waals surface area contributed by atoms with Gasteiger partial charge < -0.3 is 4.74 Å². The molecule has 0 fully saturated rings. The van der Waals surface area contributed by atoms with Crippen LogP contribution in [0.25, 0.3) is 0 Å². The fraction of sp³-hybridized carbons (Fsp3) is 0.167. The summed E-state index contributed by atoms with van der Waals surface area (Å²) in [4.78, 5) is 11.2.